The van der Waals surface area contributed by atoms with E-state index >= 15 is 0 Å². The summed E-state index contributed by atoms with van der Waals surface area (Å²) in [6.45, 7) is 4.43. The molecule has 3 nitrogen and oxygen atoms in total. The molecule has 0 radical (unpaired) electrons. The van der Waals surface area contributed by atoms with Crippen LogP contribution in [0.1, 0.15) is 17.5 Å². The lowest BCUT2D eigenvalue weighted by Gasteiger charge is -2.16. The molecule has 1 unspecified atom stereocenters. The van der Waals surface area contributed by atoms with E-state index in [2.05, 4.69) is 40.5 Å². The first-order chi connectivity index (χ1) is 9.90. The van der Waals surface area contributed by atoms with Crippen LogP contribution in [-0.4, -0.2) is 30.6 Å². The molecule has 1 aromatic carbocycles. The minimum Gasteiger partial charge on any atom is -0.472 e. The molecule has 1 N–H and O–H groups in total. The van der Waals surface area contributed by atoms with Gasteiger partial charge in [-0.1, -0.05) is 30.3 Å². The Hall–Kier alpha value is -1.58. The van der Waals surface area contributed by atoms with Gasteiger partial charge in [0.05, 0.1) is 12.5 Å². The normalized spacial score (nSPS) is 19.5. The molecule has 106 valence electrons. The standard InChI is InChI=1S/C17H22N2O/c1-2-4-15(5-3-1)6-9-19-10-7-17(13-19)18-12-16-8-11-20-14-16/h1-5,8,11,14,17-18H,6-7,9-10,12-13H2. The van der Waals surface area contributed by atoms with Gasteiger partial charge < -0.3 is 14.6 Å². The largest absolute Gasteiger partial charge is 0.472 e. The monoisotopic (exact) mass is 270 g/mol. The SMILES string of the molecule is c1ccc(CCN2CCC(NCc3ccoc3)C2)cc1. The molecule has 0 amide bonds. The maximum atomic E-state index is 5.09. The Labute approximate surface area is 120 Å². The van der Waals surface area contributed by atoms with Gasteiger partial charge in [-0.25, -0.2) is 0 Å². The van der Waals surface area contributed by atoms with Crippen LogP contribution in [0.15, 0.2) is 53.3 Å². The Morgan fingerprint density at radius 1 is 1.15 bits per heavy atom. The topological polar surface area (TPSA) is 28.4 Å². The van der Waals surface area contributed by atoms with Gasteiger partial charge in [0, 0.05) is 31.2 Å². The Balaban J connectivity index is 1.38. The second kappa shape index (κ2) is 6.73. The number of hydrogen-bond donors (Lipinski definition) is 1. The van der Waals surface area contributed by atoms with E-state index in [9.17, 15) is 0 Å². The van der Waals surface area contributed by atoms with Crippen LogP contribution in [0.5, 0.6) is 0 Å². The minimum absolute atomic E-state index is 0.612. The summed E-state index contributed by atoms with van der Waals surface area (Å²) in [5.41, 5.74) is 2.66. The quantitative estimate of drug-likeness (QED) is 0.875. The lowest BCUT2D eigenvalue weighted by Crippen LogP contribution is -2.32. The van der Waals surface area contributed by atoms with Crippen molar-refractivity contribution in [2.45, 2.75) is 25.4 Å². The molecule has 0 bridgehead atoms. The van der Waals surface area contributed by atoms with E-state index in [0.29, 0.717) is 6.04 Å². The lowest BCUT2D eigenvalue weighted by molar-refractivity contribution is 0.331. The van der Waals surface area contributed by atoms with Crippen LogP contribution in [0, 0.1) is 0 Å². The van der Waals surface area contributed by atoms with Crippen LogP contribution in [0.2, 0.25) is 0 Å². The van der Waals surface area contributed by atoms with Gasteiger partial charge in [0.25, 0.3) is 0 Å². The predicted molar refractivity (Wildman–Crippen MR) is 80.5 cm³/mol. The lowest BCUT2D eigenvalue weighted by atomic mass is 10.1. The number of likely N-dealkylation sites (tertiary alicyclic amines) is 1. The van der Waals surface area contributed by atoms with Crippen molar-refractivity contribution < 1.29 is 4.42 Å². The summed E-state index contributed by atoms with van der Waals surface area (Å²) < 4.78 is 5.09. The summed E-state index contributed by atoms with van der Waals surface area (Å²) in [6, 6.07) is 13.4. The molecule has 1 saturated heterocycles. The first-order valence-electron chi connectivity index (χ1n) is 7.41. The summed E-state index contributed by atoms with van der Waals surface area (Å²) in [4.78, 5) is 2.56. The summed E-state index contributed by atoms with van der Waals surface area (Å²) in [5.74, 6) is 0. The van der Waals surface area contributed by atoms with Crippen LogP contribution >= 0.6 is 0 Å². The van der Waals surface area contributed by atoms with Crippen molar-refractivity contribution in [3.8, 4) is 0 Å². The van der Waals surface area contributed by atoms with Crippen molar-refractivity contribution >= 4 is 0 Å². The highest BCUT2D eigenvalue weighted by Crippen LogP contribution is 2.11. The molecule has 20 heavy (non-hydrogen) atoms. The van der Waals surface area contributed by atoms with Crippen molar-refractivity contribution in [2.75, 3.05) is 19.6 Å². The highest BCUT2D eigenvalue weighted by Gasteiger charge is 2.21. The Bertz CT molecular complexity index is 495. The zero-order valence-corrected chi connectivity index (χ0v) is 11.8. The number of hydrogen-bond acceptors (Lipinski definition) is 3. The van der Waals surface area contributed by atoms with Gasteiger partial charge in [0.15, 0.2) is 0 Å². The zero-order chi connectivity index (χ0) is 13.6. The van der Waals surface area contributed by atoms with Gasteiger partial charge in [-0.05, 0) is 31.0 Å². The van der Waals surface area contributed by atoms with Crippen LogP contribution in [0.3, 0.4) is 0 Å². The Morgan fingerprint density at radius 2 is 2.05 bits per heavy atom. The molecule has 1 fully saturated rings. The van der Waals surface area contributed by atoms with E-state index in [4.69, 9.17) is 4.42 Å². The summed E-state index contributed by atoms with van der Waals surface area (Å²) >= 11 is 0. The summed E-state index contributed by atoms with van der Waals surface area (Å²) in [6.07, 6.45) is 5.94. The summed E-state index contributed by atoms with van der Waals surface area (Å²) in [5, 5.41) is 3.61. The van der Waals surface area contributed by atoms with Gasteiger partial charge in [0.1, 0.15) is 0 Å². The van der Waals surface area contributed by atoms with E-state index in [-0.39, 0.29) is 0 Å². The van der Waals surface area contributed by atoms with Gasteiger partial charge in [-0.2, -0.15) is 0 Å². The molecule has 2 heterocycles. The number of furan rings is 1. The molecule has 1 aliphatic heterocycles. The van der Waals surface area contributed by atoms with Gasteiger partial charge >= 0.3 is 0 Å². The second-order valence-electron chi connectivity index (χ2n) is 5.53. The molecular weight excluding hydrogens is 248 g/mol. The fourth-order valence-corrected chi connectivity index (χ4v) is 2.79. The van der Waals surface area contributed by atoms with E-state index < -0.39 is 0 Å². The van der Waals surface area contributed by atoms with Crippen molar-refractivity contribution in [2.24, 2.45) is 0 Å². The average Bonchev–Trinajstić information content (AvgIpc) is 3.16. The highest BCUT2D eigenvalue weighted by molar-refractivity contribution is 5.15. The first kappa shape index (κ1) is 13.4. The number of rotatable bonds is 6. The number of nitrogens with zero attached hydrogens (tertiary/aromatic N) is 1. The van der Waals surface area contributed by atoms with Crippen LogP contribution < -0.4 is 5.32 Å². The van der Waals surface area contributed by atoms with Gasteiger partial charge in [-0.3, -0.25) is 0 Å². The zero-order valence-electron chi connectivity index (χ0n) is 11.8. The fourth-order valence-electron chi connectivity index (χ4n) is 2.79. The third-order valence-electron chi connectivity index (χ3n) is 4.01. The average molecular weight is 270 g/mol. The number of nitrogens with one attached hydrogen (secondary N) is 1. The van der Waals surface area contributed by atoms with E-state index in [1.807, 2.05) is 12.3 Å². The predicted octanol–water partition coefficient (Wildman–Crippen LogP) is 2.69. The molecule has 0 aliphatic carbocycles. The Kier molecular flexibility index (Phi) is 4.51. The van der Waals surface area contributed by atoms with Crippen LogP contribution in [-0.2, 0) is 13.0 Å². The number of benzene rings is 1. The fraction of sp³-hybridized carbons (Fsp3) is 0.412. The second-order valence-corrected chi connectivity index (χ2v) is 5.53. The molecule has 1 aliphatic rings. The molecule has 1 aromatic heterocycles. The van der Waals surface area contributed by atoms with Crippen molar-refractivity contribution in [3.05, 3.63) is 60.1 Å². The maximum Gasteiger partial charge on any atom is 0.0947 e. The van der Waals surface area contributed by atoms with E-state index in [1.54, 1.807) is 6.26 Å². The molecule has 1 atom stereocenters. The Morgan fingerprint density at radius 3 is 2.85 bits per heavy atom. The molecule has 2 aromatic rings. The molecular formula is C17H22N2O. The first-order valence-corrected chi connectivity index (χ1v) is 7.41. The van der Waals surface area contributed by atoms with Crippen molar-refractivity contribution in [1.82, 2.24) is 10.2 Å². The molecule has 0 spiro atoms. The third kappa shape index (κ3) is 3.71. The van der Waals surface area contributed by atoms with Crippen molar-refractivity contribution in [1.29, 1.82) is 0 Å². The maximum absolute atomic E-state index is 5.09. The molecule has 3 heteroatoms. The van der Waals surface area contributed by atoms with Crippen LogP contribution in [0.4, 0.5) is 0 Å². The highest BCUT2D eigenvalue weighted by atomic mass is 16.3. The van der Waals surface area contributed by atoms with Gasteiger partial charge in [0.2, 0.25) is 0 Å². The van der Waals surface area contributed by atoms with Crippen LogP contribution in [0.25, 0.3) is 0 Å². The third-order valence-corrected chi connectivity index (χ3v) is 4.01. The molecule has 0 saturated carbocycles. The van der Waals surface area contributed by atoms with Crippen molar-refractivity contribution in [3.63, 3.8) is 0 Å². The minimum atomic E-state index is 0.612. The van der Waals surface area contributed by atoms with E-state index in [1.165, 1.54) is 24.1 Å². The summed E-state index contributed by atoms with van der Waals surface area (Å²) in [7, 11) is 0. The van der Waals surface area contributed by atoms with Gasteiger partial charge in [-0.15, -0.1) is 0 Å². The smallest absolute Gasteiger partial charge is 0.0947 e. The van der Waals surface area contributed by atoms with E-state index in [0.717, 1.165) is 26.1 Å². The molecule has 3 rings (SSSR count).